The van der Waals surface area contributed by atoms with E-state index in [1.807, 2.05) is 42.5 Å². The van der Waals surface area contributed by atoms with Crippen LogP contribution in [-0.4, -0.2) is 44.5 Å². The number of ether oxygens (including phenoxy) is 2. The first-order chi connectivity index (χ1) is 22.2. The predicted molar refractivity (Wildman–Crippen MR) is 171 cm³/mol. The number of benzene rings is 4. The molecule has 11 heteroatoms. The van der Waals surface area contributed by atoms with Crippen molar-refractivity contribution in [3.8, 4) is 11.5 Å². The van der Waals surface area contributed by atoms with Crippen LogP contribution < -0.4 is 19.5 Å². The lowest BCUT2D eigenvalue weighted by Crippen LogP contribution is -2.50. The van der Waals surface area contributed by atoms with E-state index in [4.69, 9.17) is 9.47 Å². The molecule has 1 heterocycles. The number of amides is 2. The second-order valence-electron chi connectivity index (χ2n) is 10.9. The van der Waals surface area contributed by atoms with Crippen molar-refractivity contribution < 1.29 is 31.9 Å². The number of rotatable bonds is 14. The smallest absolute Gasteiger partial charge is 0.243 e. The minimum atomic E-state index is -3.60. The molecule has 0 spiro atoms. The molecule has 2 N–H and O–H groups in total. The van der Waals surface area contributed by atoms with Gasteiger partial charge in [0.25, 0.3) is 0 Å². The summed E-state index contributed by atoms with van der Waals surface area (Å²) in [6.45, 7) is 2.42. The van der Waals surface area contributed by atoms with Crippen molar-refractivity contribution >= 4 is 21.8 Å². The van der Waals surface area contributed by atoms with Crippen LogP contribution in [0.1, 0.15) is 35.6 Å². The average Bonchev–Trinajstić information content (AvgIpc) is 3.54. The Morgan fingerprint density at radius 3 is 2.24 bits per heavy atom. The van der Waals surface area contributed by atoms with E-state index in [0.717, 1.165) is 16.7 Å². The molecule has 0 fully saturated rings. The number of hydrogen-bond acceptors (Lipinski definition) is 6. The number of nitrogens with one attached hydrogen (secondary N) is 2. The fourth-order valence-corrected chi connectivity index (χ4v) is 6.24. The molecule has 0 bridgehead atoms. The first-order valence-electron chi connectivity index (χ1n) is 15.0. The molecule has 4 aromatic rings. The Morgan fingerprint density at radius 2 is 1.52 bits per heavy atom. The highest BCUT2D eigenvalue weighted by Crippen LogP contribution is 2.32. The van der Waals surface area contributed by atoms with Gasteiger partial charge in [0.1, 0.15) is 11.9 Å². The molecule has 1 atom stereocenters. The number of nitrogens with zero attached hydrogens (tertiary/aromatic N) is 1. The maximum Gasteiger partial charge on any atom is 0.243 e. The van der Waals surface area contributed by atoms with Crippen LogP contribution in [0.2, 0.25) is 0 Å². The zero-order valence-electron chi connectivity index (χ0n) is 25.4. The lowest BCUT2D eigenvalue weighted by Gasteiger charge is -2.32. The van der Waals surface area contributed by atoms with Crippen LogP contribution in [0, 0.1) is 5.82 Å². The van der Waals surface area contributed by atoms with Gasteiger partial charge in [-0.3, -0.25) is 9.59 Å². The molecule has 1 aliphatic rings. The standard InChI is InChI=1S/C35H36FN3O6S/c1-2-38-46(42,43)30-16-10-25(11-17-30)13-19-34(40)39(23-27-8-14-29(36)15-9-27)31(20-26-6-4-3-5-7-26)35(41)37-22-28-12-18-32-33(21-28)45-24-44-32/h3-12,14-18,21,31,38H,2,13,19-20,22-24H2,1H3,(H,37,41)/t31-/m1/s1. The number of aryl methyl sites for hydroxylation is 1. The zero-order chi connectivity index (χ0) is 32.5. The van der Waals surface area contributed by atoms with Crippen LogP contribution in [0.15, 0.2) is 102 Å². The van der Waals surface area contributed by atoms with Crippen molar-refractivity contribution in [2.45, 2.75) is 50.2 Å². The van der Waals surface area contributed by atoms with Crippen LogP contribution in [-0.2, 0) is 45.5 Å². The molecular weight excluding hydrogens is 609 g/mol. The van der Waals surface area contributed by atoms with Gasteiger partial charge in [0.15, 0.2) is 11.5 Å². The van der Waals surface area contributed by atoms with Crippen LogP contribution in [0.25, 0.3) is 0 Å². The van der Waals surface area contributed by atoms with Gasteiger partial charge in [-0.2, -0.15) is 0 Å². The summed E-state index contributed by atoms with van der Waals surface area (Å²) in [7, 11) is -3.60. The topological polar surface area (TPSA) is 114 Å². The van der Waals surface area contributed by atoms with E-state index < -0.39 is 21.9 Å². The first kappa shape index (κ1) is 32.6. The highest BCUT2D eigenvalue weighted by Gasteiger charge is 2.30. The Bertz CT molecular complexity index is 1750. The maximum absolute atomic E-state index is 14.0. The lowest BCUT2D eigenvalue weighted by atomic mass is 10.0. The van der Waals surface area contributed by atoms with E-state index in [1.54, 1.807) is 42.2 Å². The fraction of sp³-hybridized carbons (Fsp3) is 0.257. The molecule has 46 heavy (non-hydrogen) atoms. The summed E-state index contributed by atoms with van der Waals surface area (Å²) in [5.41, 5.74) is 3.14. The van der Waals surface area contributed by atoms with Crippen LogP contribution in [0.3, 0.4) is 0 Å². The number of halogens is 1. The Hall–Kier alpha value is -4.74. The zero-order valence-corrected chi connectivity index (χ0v) is 26.3. The van der Waals surface area contributed by atoms with Crippen molar-refractivity contribution in [3.63, 3.8) is 0 Å². The normalized spacial score (nSPS) is 12.8. The lowest BCUT2D eigenvalue weighted by molar-refractivity contribution is -0.141. The maximum atomic E-state index is 14.0. The monoisotopic (exact) mass is 645 g/mol. The van der Waals surface area contributed by atoms with Crippen molar-refractivity contribution in [2.75, 3.05) is 13.3 Å². The third kappa shape index (κ3) is 8.49. The SMILES string of the molecule is CCNS(=O)(=O)c1ccc(CCC(=O)N(Cc2ccc(F)cc2)[C@H](Cc2ccccc2)C(=O)NCc2ccc3c(c2)OCO3)cc1. The highest BCUT2D eigenvalue weighted by molar-refractivity contribution is 7.89. The van der Waals surface area contributed by atoms with Gasteiger partial charge in [-0.15, -0.1) is 0 Å². The number of carbonyl (C=O) groups excluding carboxylic acids is 2. The second kappa shape index (κ2) is 15.0. The highest BCUT2D eigenvalue weighted by atomic mass is 32.2. The Morgan fingerprint density at radius 1 is 0.848 bits per heavy atom. The Labute approximate surface area is 268 Å². The van der Waals surface area contributed by atoms with E-state index in [-0.39, 0.29) is 56.0 Å². The number of sulfonamides is 1. The van der Waals surface area contributed by atoms with E-state index in [0.29, 0.717) is 23.5 Å². The molecule has 9 nitrogen and oxygen atoms in total. The molecule has 240 valence electrons. The summed E-state index contributed by atoms with van der Waals surface area (Å²) in [6.07, 6.45) is 0.663. The Balaban J connectivity index is 1.37. The molecule has 4 aromatic carbocycles. The van der Waals surface area contributed by atoms with Gasteiger partial charge in [-0.05, 0) is 65.1 Å². The number of fused-ring (bicyclic) bond motifs is 1. The molecule has 0 aromatic heterocycles. The molecule has 5 rings (SSSR count). The van der Waals surface area contributed by atoms with Crippen LogP contribution >= 0.6 is 0 Å². The molecule has 0 unspecified atom stereocenters. The third-order valence-electron chi connectivity index (χ3n) is 7.64. The summed E-state index contributed by atoms with van der Waals surface area (Å²) >= 11 is 0. The van der Waals surface area contributed by atoms with E-state index in [9.17, 15) is 22.4 Å². The van der Waals surface area contributed by atoms with Gasteiger partial charge >= 0.3 is 0 Å². The van der Waals surface area contributed by atoms with E-state index >= 15 is 0 Å². The first-order valence-corrected chi connectivity index (χ1v) is 16.5. The van der Waals surface area contributed by atoms with Crippen molar-refractivity contribution in [1.82, 2.24) is 14.9 Å². The van der Waals surface area contributed by atoms with Crippen LogP contribution in [0.5, 0.6) is 11.5 Å². The van der Waals surface area contributed by atoms with Crippen molar-refractivity contribution in [2.24, 2.45) is 0 Å². The number of carbonyl (C=O) groups is 2. The molecule has 0 aliphatic carbocycles. The molecule has 0 saturated carbocycles. The van der Waals surface area contributed by atoms with Gasteiger partial charge in [0.2, 0.25) is 28.6 Å². The van der Waals surface area contributed by atoms with Gasteiger partial charge in [-0.1, -0.05) is 67.6 Å². The summed E-state index contributed by atoms with van der Waals surface area (Å²) in [5.74, 6) is 0.237. The second-order valence-corrected chi connectivity index (χ2v) is 12.7. The molecule has 0 radical (unpaired) electrons. The van der Waals surface area contributed by atoms with Crippen LogP contribution in [0.4, 0.5) is 4.39 Å². The van der Waals surface area contributed by atoms with Crippen molar-refractivity contribution in [3.05, 3.63) is 125 Å². The summed E-state index contributed by atoms with van der Waals surface area (Å²) in [5, 5.41) is 2.99. The molecule has 1 aliphatic heterocycles. The van der Waals surface area contributed by atoms with Crippen molar-refractivity contribution in [1.29, 1.82) is 0 Å². The fourth-order valence-electron chi connectivity index (χ4n) is 5.20. The third-order valence-corrected chi connectivity index (χ3v) is 9.20. The van der Waals surface area contributed by atoms with Gasteiger partial charge in [0, 0.05) is 32.5 Å². The molecule has 2 amide bonds. The van der Waals surface area contributed by atoms with Gasteiger partial charge in [0.05, 0.1) is 4.90 Å². The predicted octanol–water partition coefficient (Wildman–Crippen LogP) is 4.74. The summed E-state index contributed by atoms with van der Waals surface area (Å²) in [6, 6.07) is 26.3. The Kier molecular flexibility index (Phi) is 10.7. The summed E-state index contributed by atoms with van der Waals surface area (Å²) < 4.78 is 51.7. The minimum absolute atomic E-state index is 0.0707. The van der Waals surface area contributed by atoms with E-state index in [1.165, 1.54) is 24.3 Å². The average molecular weight is 646 g/mol. The quantitative estimate of drug-likeness (QED) is 0.205. The minimum Gasteiger partial charge on any atom is -0.454 e. The number of hydrogen-bond donors (Lipinski definition) is 2. The molecular formula is C35H36FN3O6S. The largest absolute Gasteiger partial charge is 0.454 e. The van der Waals surface area contributed by atoms with E-state index in [2.05, 4.69) is 10.0 Å². The van der Waals surface area contributed by atoms with Gasteiger partial charge in [-0.25, -0.2) is 17.5 Å². The molecule has 0 saturated heterocycles. The van der Waals surface area contributed by atoms with Gasteiger partial charge < -0.3 is 19.7 Å². The summed E-state index contributed by atoms with van der Waals surface area (Å²) in [4.78, 5) is 29.6.